The van der Waals surface area contributed by atoms with E-state index in [0.29, 0.717) is 39.7 Å². The minimum atomic E-state index is -1.13. The van der Waals surface area contributed by atoms with Gasteiger partial charge in [-0.2, -0.15) is 5.10 Å². The summed E-state index contributed by atoms with van der Waals surface area (Å²) in [5, 5.41) is 15.5. The van der Waals surface area contributed by atoms with Crippen LogP contribution in [0.2, 0.25) is 5.02 Å². The first-order valence-corrected chi connectivity index (χ1v) is 9.57. The molecule has 2 aromatic carbocycles. The number of carboxylic acids is 1. The Labute approximate surface area is 184 Å². The number of ether oxygens (including phenoxy) is 1. The molecule has 0 aliphatic heterocycles. The van der Waals surface area contributed by atoms with E-state index in [-0.39, 0.29) is 6.61 Å². The number of likely N-dealkylation sites (N-methyl/N-ethyl adjacent to an activating group) is 1. The first-order chi connectivity index (χ1) is 14.7. The van der Waals surface area contributed by atoms with E-state index in [1.165, 1.54) is 0 Å². The molecule has 0 fully saturated rings. The van der Waals surface area contributed by atoms with Crippen LogP contribution in [0, 0.1) is 6.92 Å². The largest absolute Gasteiger partial charge is 0.485 e. The van der Waals surface area contributed by atoms with Crippen molar-refractivity contribution in [3.05, 3.63) is 52.5 Å². The number of benzene rings is 2. The molecule has 3 N–H and O–H groups in total. The predicted molar refractivity (Wildman–Crippen MR) is 117 cm³/mol. The zero-order valence-electron chi connectivity index (χ0n) is 17.3. The number of amides is 2. The number of carboxylic acid groups (broad SMARTS) is 1. The summed E-state index contributed by atoms with van der Waals surface area (Å²) in [5.41, 5.74) is 4.65. The summed E-state index contributed by atoms with van der Waals surface area (Å²) in [6, 6.07) is 10.2. The fraction of sp³-hybridized carbons (Fsp3) is 0.238. The Hall–Kier alpha value is -3.59. The predicted octanol–water partition coefficient (Wildman–Crippen LogP) is 2.13. The van der Waals surface area contributed by atoms with Crippen LogP contribution in [0.15, 0.2) is 41.5 Å². The lowest BCUT2D eigenvalue weighted by molar-refractivity contribution is -0.135. The Bertz CT molecular complexity index is 1010. The summed E-state index contributed by atoms with van der Waals surface area (Å²) in [6.07, 6.45) is 0.461. The molecule has 0 heterocycles. The van der Waals surface area contributed by atoms with Gasteiger partial charge in [0.05, 0.1) is 0 Å². The van der Waals surface area contributed by atoms with Crippen molar-refractivity contribution in [2.45, 2.75) is 6.92 Å². The van der Waals surface area contributed by atoms with Crippen LogP contribution in [0.5, 0.6) is 5.75 Å². The average Bonchev–Trinajstić information content (AvgIpc) is 2.74. The van der Waals surface area contributed by atoms with Crippen LogP contribution in [-0.2, 0) is 9.59 Å². The number of rotatable bonds is 9. The first kappa shape index (κ1) is 23.7. The molecule has 31 heavy (non-hydrogen) atoms. The summed E-state index contributed by atoms with van der Waals surface area (Å²) in [7, 11) is 3.53. The molecule has 9 nitrogen and oxygen atoms in total. The molecule has 0 spiro atoms. The highest BCUT2D eigenvalue weighted by atomic mass is 35.5. The minimum absolute atomic E-state index is 0.0701. The molecule has 0 saturated carbocycles. The van der Waals surface area contributed by atoms with E-state index in [9.17, 15) is 14.4 Å². The van der Waals surface area contributed by atoms with E-state index >= 15 is 0 Å². The number of carbonyl (C=O) groups is 3. The number of aliphatic carboxylic acids is 1. The number of amidine groups is 1. The number of nitrogens with one attached hydrogen (secondary N) is 2. The smallest absolute Gasteiger partial charge is 0.322 e. The van der Waals surface area contributed by atoms with Crippen molar-refractivity contribution in [3.8, 4) is 16.9 Å². The summed E-state index contributed by atoms with van der Waals surface area (Å²) in [4.78, 5) is 35.2. The fourth-order valence-corrected chi connectivity index (χ4v) is 2.75. The lowest BCUT2D eigenvalue weighted by atomic mass is 10.0. The Balaban J connectivity index is 2.37. The van der Waals surface area contributed by atoms with Crippen LogP contribution < -0.4 is 15.5 Å². The van der Waals surface area contributed by atoms with Crippen LogP contribution >= 0.6 is 11.6 Å². The number of hydrogen-bond acceptors (Lipinski definition) is 5. The van der Waals surface area contributed by atoms with Crippen molar-refractivity contribution in [3.63, 3.8) is 0 Å². The first-order valence-electron chi connectivity index (χ1n) is 9.19. The third-order valence-electron chi connectivity index (χ3n) is 4.22. The maximum absolute atomic E-state index is 12.2. The number of aryl methyl sites for hydroxylation is 1. The highest BCUT2D eigenvalue weighted by Gasteiger charge is 2.14. The van der Waals surface area contributed by atoms with Gasteiger partial charge in [0.2, 0.25) is 6.41 Å². The summed E-state index contributed by atoms with van der Waals surface area (Å²) >= 11 is 6.32. The molecule has 2 amide bonds. The maximum Gasteiger partial charge on any atom is 0.322 e. The van der Waals surface area contributed by atoms with Crippen LogP contribution in [0.1, 0.15) is 15.9 Å². The second-order valence-corrected chi connectivity index (χ2v) is 7.12. The third-order valence-corrected chi connectivity index (χ3v) is 4.62. The zero-order valence-corrected chi connectivity index (χ0v) is 18.1. The standard InChI is InChI=1S/C21H23ClN4O5/c1-13-7-18(31-11-19(26(2)3)25-24-12-27)16(9-17(13)22)14-5-4-6-15(8-14)21(30)23-10-20(28)29/h4-9,12H,10-11H2,1-3H3,(H,23,30)(H,24,27)(H,28,29)/b25-19-. The number of hydrogen-bond donors (Lipinski definition) is 3. The number of hydrazone groups is 1. The molecule has 0 saturated heterocycles. The molecule has 164 valence electrons. The quantitative estimate of drug-likeness (QED) is 0.235. The van der Waals surface area contributed by atoms with Crippen molar-refractivity contribution in [1.82, 2.24) is 15.6 Å². The SMILES string of the molecule is Cc1cc(OC/C(=N/NC=O)N(C)C)c(-c2cccc(C(=O)NCC(=O)O)c2)cc1Cl. The molecule has 2 rings (SSSR count). The molecular formula is C21H23ClN4O5. The van der Waals surface area contributed by atoms with Crippen molar-refractivity contribution in [2.24, 2.45) is 5.10 Å². The van der Waals surface area contributed by atoms with Crippen molar-refractivity contribution in [1.29, 1.82) is 0 Å². The van der Waals surface area contributed by atoms with Gasteiger partial charge in [-0.25, -0.2) is 5.43 Å². The zero-order chi connectivity index (χ0) is 23.0. The van der Waals surface area contributed by atoms with Gasteiger partial charge >= 0.3 is 5.97 Å². The topological polar surface area (TPSA) is 120 Å². The van der Waals surface area contributed by atoms with E-state index in [2.05, 4.69) is 15.8 Å². The molecule has 0 bridgehead atoms. The molecule has 0 radical (unpaired) electrons. The summed E-state index contributed by atoms with van der Waals surface area (Å²) in [6.45, 7) is 1.43. The van der Waals surface area contributed by atoms with Gasteiger partial charge in [0.1, 0.15) is 18.9 Å². The highest BCUT2D eigenvalue weighted by Crippen LogP contribution is 2.35. The highest BCUT2D eigenvalue weighted by molar-refractivity contribution is 6.31. The van der Waals surface area contributed by atoms with Gasteiger partial charge in [0, 0.05) is 30.2 Å². The van der Waals surface area contributed by atoms with Crippen LogP contribution in [0.3, 0.4) is 0 Å². The molecule has 2 aromatic rings. The van der Waals surface area contributed by atoms with Crippen LogP contribution in [-0.4, -0.2) is 61.4 Å². The lowest BCUT2D eigenvalue weighted by Gasteiger charge is -2.18. The van der Waals surface area contributed by atoms with E-state index < -0.39 is 18.4 Å². The van der Waals surface area contributed by atoms with E-state index in [1.54, 1.807) is 55.4 Å². The normalized spacial score (nSPS) is 10.9. The average molecular weight is 447 g/mol. The molecular weight excluding hydrogens is 424 g/mol. The van der Waals surface area contributed by atoms with Crippen molar-refractivity contribution in [2.75, 3.05) is 27.2 Å². The molecule has 0 aliphatic carbocycles. The molecule has 0 aliphatic rings. The number of halogens is 1. The second-order valence-electron chi connectivity index (χ2n) is 6.71. The van der Waals surface area contributed by atoms with Crippen molar-refractivity contribution < 1.29 is 24.2 Å². The van der Waals surface area contributed by atoms with Gasteiger partial charge in [-0.05, 0) is 42.3 Å². The fourth-order valence-electron chi connectivity index (χ4n) is 2.59. The van der Waals surface area contributed by atoms with E-state index in [4.69, 9.17) is 21.4 Å². The Morgan fingerprint density at radius 3 is 2.65 bits per heavy atom. The summed E-state index contributed by atoms with van der Waals surface area (Å²) in [5.74, 6) is -0.655. The van der Waals surface area contributed by atoms with E-state index in [1.807, 2.05) is 6.92 Å². The second kappa shape index (κ2) is 11.0. The lowest BCUT2D eigenvalue weighted by Crippen LogP contribution is -2.30. The van der Waals surface area contributed by atoms with Gasteiger partial charge < -0.3 is 20.1 Å². The van der Waals surface area contributed by atoms with Gasteiger partial charge in [-0.3, -0.25) is 14.4 Å². The monoisotopic (exact) mass is 446 g/mol. The molecule has 0 aromatic heterocycles. The minimum Gasteiger partial charge on any atom is -0.485 e. The molecule has 0 atom stereocenters. The number of carbonyl (C=O) groups excluding carboxylic acids is 2. The van der Waals surface area contributed by atoms with Gasteiger partial charge in [-0.15, -0.1) is 0 Å². The Morgan fingerprint density at radius 1 is 1.26 bits per heavy atom. The van der Waals surface area contributed by atoms with E-state index in [0.717, 1.165) is 5.56 Å². The van der Waals surface area contributed by atoms with Gasteiger partial charge in [-0.1, -0.05) is 23.7 Å². The number of nitrogens with zero attached hydrogens (tertiary/aromatic N) is 2. The maximum atomic E-state index is 12.2. The Morgan fingerprint density at radius 2 is 2.00 bits per heavy atom. The molecule has 0 unspecified atom stereocenters. The van der Waals surface area contributed by atoms with Crippen molar-refractivity contribution >= 4 is 35.7 Å². The Kier molecular flexibility index (Phi) is 8.39. The van der Waals surface area contributed by atoms with Gasteiger partial charge in [0.15, 0.2) is 5.84 Å². The summed E-state index contributed by atoms with van der Waals surface area (Å²) < 4.78 is 5.96. The van der Waals surface area contributed by atoms with Gasteiger partial charge in [0.25, 0.3) is 5.91 Å². The van der Waals surface area contributed by atoms with Crippen LogP contribution in [0.4, 0.5) is 0 Å². The third kappa shape index (κ3) is 6.71. The molecule has 10 heteroatoms. The van der Waals surface area contributed by atoms with Crippen LogP contribution in [0.25, 0.3) is 11.1 Å².